The topological polar surface area (TPSA) is 157 Å². The Morgan fingerprint density at radius 1 is 1.43 bits per heavy atom. The van der Waals surface area contributed by atoms with Gasteiger partial charge in [-0.05, 0) is 13.0 Å². The normalized spacial score (nSPS) is 21.4. The van der Waals surface area contributed by atoms with Gasteiger partial charge in [-0.25, -0.2) is 4.79 Å². The van der Waals surface area contributed by atoms with Crippen LogP contribution in [0.2, 0.25) is 0 Å². The van der Waals surface area contributed by atoms with Crippen molar-refractivity contribution in [3.05, 3.63) is 72.5 Å². The molecular weight excluding hydrogens is 372 g/mol. The summed E-state index contributed by atoms with van der Waals surface area (Å²) in [5.74, 6) is -0.677. The molecule has 3 atom stereocenters. The number of aromatic amines is 1. The van der Waals surface area contributed by atoms with Crippen molar-refractivity contribution in [2.75, 3.05) is 6.54 Å². The molecule has 0 bridgehead atoms. The SMILES string of the molecule is Cc1cn([C@H]2CC(O)[C@@H](CNC(=O)c3ccccc3[N+](=O)[O-])O2)c(=O)[nH]c1=O. The molecule has 1 aliphatic rings. The molecule has 0 saturated carbocycles. The summed E-state index contributed by atoms with van der Waals surface area (Å²) in [7, 11) is 0. The average molecular weight is 390 g/mol. The number of nitrogens with one attached hydrogen (secondary N) is 2. The van der Waals surface area contributed by atoms with Gasteiger partial charge in [0, 0.05) is 30.8 Å². The van der Waals surface area contributed by atoms with Crippen molar-refractivity contribution in [3.8, 4) is 0 Å². The van der Waals surface area contributed by atoms with E-state index in [2.05, 4.69) is 10.3 Å². The Morgan fingerprint density at radius 3 is 2.86 bits per heavy atom. The maximum Gasteiger partial charge on any atom is 0.330 e. The Morgan fingerprint density at radius 2 is 2.14 bits per heavy atom. The molecule has 1 saturated heterocycles. The zero-order valence-electron chi connectivity index (χ0n) is 14.8. The number of carbonyl (C=O) groups is 1. The molecule has 11 nitrogen and oxygen atoms in total. The highest BCUT2D eigenvalue weighted by Gasteiger charge is 2.36. The molecule has 3 N–H and O–H groups in total. The molecule has 0 aliphatic carbocycles. The van der Waals surface area contributed by atoms with E-state index >= 15 is 0 Å². The molecule has 1 fully saturated rings. The largest absolute Gasteiger partial charge is 0.390 e. The lowest BCUT2D eigenvalue weighted by molar-refractivity contribution is -0.385. The van der Waals surface area contributed by atoms with Crippen molar-refractivity contribution >= 4 is 11.6 Å². The van der Waals surface area contributed by atoms with E-state index in [1.54, 1.807) is 0 Å². The highest BCUT2D eigenvalue weighted by molar-refractivity contribution is 5.98. The van der Waals surface area contributed by atoms with E-state index in [0.29, 0.717) is 5.56 Å². The Bertz CT molecular complexity index is 1030. The van der Waals surface area contributed by atoms with Gasteiger partial charge in [-0.2, -0.15) is 0 Å². The summed E-state index contributed by atoms with van der Waals surface area (Å²) >= 11 is 0. The third-order valence-corrected chi connectivity index (χ3v) is 4.47. The molecule has 11 heteroatoms. The van der Waals surface area contributed by atoms with Gasteiger partial charge in [-0.1, -0.05) is 12.1 Å². The highest BCUT2D eigenvalue weighted by atomic mass is 16.6. The maximum absolute atomic E-state index is 12.3. The Hall–Kier alpha value is -3.31. The van der Waals surface area contributed by atoms with Gasteiger partial charge >= 0.3 is 5.69 Å². The Labute approximate surface area is 157 Å². The number of aliphatic hydroxyl groups excluding tert-OH is 1. The molecule has 3 rings (SSSR count). The number of amides is 1. The van der Waals surface area contributed by atoms with Crippen LogP contribution in [0.25, 0.3) is 0 Å². The van der Waals surface area contributed by atoms with E-state index in [4.69, 9.17) is 4.74 Å². The molecule has 2 aromatic rings. The number of rotatable bonds is 5. The van der Waals surface area contributed by atoms with E-state index in [1.165, 1.54) is 42.0 Å². The molecular formula is C17H18N4O7. The van der Waals surface area contributed by atoms with E-state index in [1.807, 2.05) is 0 Å². The number of benzene rings is 1. The van der Waals surface area contributed by atoms with Crippen molar-refractivity contribution in [3.63, 3.8) is 0 Å². The zero-order valence-corrected chi connectivity index (χ0v) is 14.8. The minimum absolute atomic E-state index is 0.0808. The van der Waals surface area contributed by atoms with Crippen LogP contribution in [0.15, 0.2) is 40.1 Å². The predicted octanol–water partition coefficient (Wildman–Crippen LogP) is -0.168. The molecule has 1 unspecified atom stereocenters. The summed E-state index contributed by atoms with van der Waals surface area (Å²) in [6.07, 6.45) is -1.19. The molecule has 1 aliphatic heterocycles. The van der Waals surface area contributed by atoms with Crippen LogP contribution < -0.4 is 16.6 Å². The summed E-state index contributed by atoms with van der Waals surface area (Å²) in [6, 6.07) is 5.50. The van der Waals surface area contributed by atoms with Crippen LogP contribution in [-0.2, 0) is 4.74 Å². The van der Waals surface area contributed by atoms with Gasteiger partial charge in [0.25, 0.3) is 17.2 Å². The lowest BCUT2D eigenvalue weighted by atomic mass is 10.1. The van der Waals surface area contributed by atoms with Gasteiger partial charge in [0.1, 0.15) is 17.9 Å². The first-order valence-electron chi connectivity index (χ1n) is 8.45. The van der Waals surface area contributed by atoms with Crippen LogP contribution in [0.3, 0.4) is 0 Å². The second kappa shape index (κ2) is 7.74. The summed E-state index contributed by atoms with van der Waals surface area (Å²) < 4.78 is 6.81. The number of hydrogen-bond acceptors (Lipinski definition) is 7. The van der Waals surface area contributed by atoms with E-state index in [-0.39, 0.29) is 24.2 Å². The molecule has 0 spiro atoms. The molecule has 28 heavy (non-hydrogen) atoms. The number of nitro groups is 1. The fraction of sp³-hybridized carbons (Fsp3) is 0.353. The van der Waals surface area contributed by atoms with Gasteiger partial charge in [-0.3, -0.25) is 29.3 Å². The monoisotopic (exact) mass is 390 g/mol. The first-order chi connectivity index (χ1) is 13.3. The van der Waals surface area contributed by atoms with E-state index in [9.17, 15) is 29.6 Å². The fourth-order valence-corrected chi connectivity index (χ4v) is 2.98. The van der Waals surface area contributed by atoms with Crippen molar-refractivity contribution in [2.24, 2.45) is 0 Å². The summed E-state index contributed by atoms with van der Waals surface area (Å²) in [6.45, 7) is 1.42. The van der Waals surface area contributed by atoms with Gasteiger partial charge in [0.2, 0.25) is 0 Å². The standard InChI is InChI=1S/C17H18N4O7/c1-9-8-20(17(25)19-15(9)23)14-6-12(22)13(28-14)7-18-16(24)10-4-2-3-5-11(10)21(26)27/h2-5,8,12-14,22H,6-7H2,1H3,(H,18,24)(H,19,23,25)/t12?,13-,14-/m1/s1. The van der Waals surface area contributed by atoms with Crippen LogP contribution in [0.5, 0.6) is 0 Å². The lowest BCUT2D eigenvalue weighted by Crippen LogP contribution is -2.37. The Kier molecular flexibility index (Phi) is 5.38. The minimum Gasteiger partial charge on any atom is -0.390 e. The van der Waals surface area contributed by atoms with Crippen LogP contribution >= 0.6 is 0 Å². The van der Waals surface area contributed by atoms with Gasteiger partial charge in [0.15, 0.2) is 0 Å². The number of H-pyrrole nitrogens is 1. The van der Waals surface area contributed by atoms with Crippen molar-refractivity contribution in [1.82, 2.24) is 14.9 Å². The lowest BCUT2D eigenvalue weighted by Gasteiger charge is -2.17. The van der Waals surface area contributed by atoms with Crippen molar-refractivity contribution < 1.29 is 19.6 Å². The van der Waals surface area contributed by atoms with Crippen LogP contribution in [0.1, 0.15) is 28.6 Å². The first-order valence-corrected chi connectivity index (χ1v) is 8.45. The van der Waals surface area contributed by atoms with Crippen molar-refractivity contribution in [2.45, 2.75) is 31.8 Å². The van der Waals surface area contributed by atoms with Crippen molar-refractivity contribution in [1.29, 1.82) is 0 Å². The van der Waals surface area contributed by atoms with Gasteiger partial charge < -0.3 is 15.2 Å². The number of aromatic nitrogens is 2. The van der Waals surface area contributed by atoms with E-state index in [0.717, 1.165) is 0 Å². The summed E-state index contributed by atoms with van der Waals surface area (Å²) in [4.78, 5) is 48.2. The molecule has 1 aromatic heterocycles. The molecule has 148 valence electrons. The minimum atomic E-state index is -0.977. The van der Waals surface area contributed by atoms with Crippen LogP contribution in [0.4, 0.5) is 5.69 Å². The molecule has 0 radical (unpaired) electrons. The number of aryl methyl sites for hydroxylation is 1. The Balaban J connectivity index is 1.69. The second-order valence-corrected chi connectivity index (χ2v) is 6.40. The predicted molar refractivity (Wildman–Crippen MR) is 96.0 cm³/mol. The summed E-state index contributed by atoms with van der Waals surface area (Å²) in [5, 5.41) is 23.7. The maximum atomic E-state index is 12.3. The van der Waals surface area contributed by atoms with Crippen LogP contribution in [-0.4, -0.2) is 44.2 Å². The summed E-state index contributed by atoms with van der Waals surface area (Å²) in [5.41, 5.74) is -1.30. The second-order valence-electron chi connectivity index (χ2n) is 6.40. The quantitative estimate of drug-likeness (QED) is 0.472. The smallest absolute Gasteiger partial charge is 0.330 e. The zero-order chi connectivity index (χ0) is 20.4. The highest BCUT2D eigenvalue weighted by Crippen LogP contribution is 2.27. The number of nitrogens with zero attached hydrogens (tertiary/aromatic N) is 2. The average Bonchev–Trinajstić information content (AvgIpc) is 3.03. The van der Waals surface area contributed by atoms with Gasteiger partial charge in [0.05, 0.1) is 11.0 Å². The van der Waals surface area contributed by atoms with E-state index < -0.39 is 40.5 Å². The molecule has 1 amide bonds. The number of nitro benzene ring substituents is 1. The molecule has 1 aromatic carbocycles. The number of carbonyl (C=O) groups excluding carboxylic acids is 1. The number of aliphatic hydroxyl groups is 1. The molecule has 2 heterocycles. The first kappa shape index (κ1) is 19.5. The third kappa shape index (κ3) is 3.85. The fourth-order valence-electron chi connectivity index (χ4n) is 2.98. The number of hydrogen-bond donors (Lipinski definition) is 3. The van der Waals surface area contributed by atoms with Gasteiger partial charge in [-0.15, -0.1) is 0 Å². The number of para-hydroxylation sites is 1. The number of ether oxygens (including phenoxy) is 1. The third-order valence-electron chi connectivity index (χ3n) is 4.47. The van der Waals surface area contributed by atoms with Crippen LogP contribution in [0, 0.1) is 17.0 Å².